The van der Waals surface area contributed by atoms with E-state index in [2.05, 4.69) is 6.07 Å². The van der Waals surface area contributed by atoms with Crippen LogP contribution in [0.1, 0.15) is 41.3 Å². The lowest BCUT2D eigenvalue weighted by Crippen LogP contribution is -2.11. The van der Waals surface area contributed by atoms with Crippen LogP contribution in [0.2, 0.25) is 0 Å². The van der Waals surface area contributed by atoms with E-state index >= 15 is 0 Å². The maximum absolute atomic E-state index is 9.13. The minimum Gasteiger partial charge on any atom is -0.464 e. The second-order valence-electron chi connectivity index (χ2n) is 4.58. The smallest absolute Gasteiger partial charge is 0.126 e. The molecule has 0 aromatic carbocycles. The third kappa shape index (κ3) is 1.68. The summed E-state index contributed by atoms with van der Waals surface area (Å²) in [5.41, 5.74) is 8.56. The van der Waals surface area contributed by atoms with Crippen molar-refractivity contribution in [3.05, 3.63) is 40.5 Å². The van der Waals surface area contributed by atoms with Crippen LogP contribution in [0.4, 0.5) is 5.82 Å². The van der Waals surface area contributed by atoms with Crippen molar-refractivity contribution < 1.29 is 4.42 Å². The summed E-state index contributed by atoms with van der Waals surface area (Å²) in [5.74, 6) is 2.23. The van der Waals surface area contributed by atoms with Gasteiger partial charge in [-0.3, -0.25) is 0 Å². The number of nitrogens with two attached hydrogens (primary N) is 1. The molecule has 0 amide bonds. The third-order valence-electron chi connectivity index (χ3n) is 3.47. The summed E-state index contributed by atoms with van der Waals surface area (Å²) in [4.78, 5) is 0. The number of aromatic nitrogens is 1. The van der Waals surface area contributed by atoms with Crippen LogP contribution in [0.25, 0.3) is 0 Å². The van der Waals surface area contributed by atoms with Gasteiger partial charge >= 0.3 is 0 Å². The van der Waals surface area contributed by atoms with Crippen LogP contribution >= 0.6 is 0 Å². The summed E-state index contributed by atoms with van der Waals surface area (Å²) >= 11 is 0. The number of rotatable bonds is 2. The number of anilines is 1. The van der Waals surface area contributed by atoms with E-state index in [1.54, 1.807) is 0 Å². The Bertz CT molecular complexity index is 628. The van der Waals surface area contributed by atoms with Crippen molar-refractivity contribution in [2.75, 3.05) is 5.73 Å². The lowest BCUT2D eigenvalue weighted by atomic mass is 10.2. The highest BCUT2D eigenvalue weighted by Gasteiger charge is 2.21. The topological polar surface area (TPSA) is 67.9 Å². The summed E-state index contributed by atoms with van der Waals surface area (Å²) in [6.07, 6.45) is 0. The van der Waals surface area contributed by atoms with Gasteiger partial charge in [0.15, 0.2) is 0 Å². The first-order valence-corrected chi connectivity index (χ1v) is 5.90. The second kappa shape index (κ2) is 4.26. The van der Waals surface area contributed by atoms with Gasteiger partial charge in [-0.1, -0.05) is 0 Å². The monoisotopic (exact) mass is 243 g/mol. The molecule has 2 aromatic rings. The number of nitrogen functional groups attached to an aromatic ring is 1. The predicted molar refractivity (Wildman–Crippen MR) is 70.3 cm³/mol. The molecule has 0 aliphatic rings. The molecule has 2 N–H and O–H groups in total. The Morgan fingerprint density at radius 2 is 2.00 bits per heavy atom. The predicted octanol–water partition coefficient (Wildman–Crippen LogP) is 3.07. The Hall–Kier alpha value is -2.15. The summed E-state index contributed by atoms with van der Waals surface area (Å²) in [7, 11) is 0. The van der Waals surface area contributed by atoms with Gasteiger partial charge in [0.25, 0.3) is 0 Å². The molecule has 2 aromatic heterocycles. The molecule has 0 radical (unpaired) electrons. The molecule has 0 spiro atoms. The van der Waals surface area contributed by atoms with Crippen LogP contribution < -0.4 is 5.73 Å². The molecule has 2 rings (SSSR count). The number of nitrogens with zero attached hydrogens (tertiary/aromatic N) is 2. The molecule has 0 saturated heterocycles. The van der Waals surface area contributed by atoms with Crippen molar-refractivity contribution >= 4 is 5.82 Å². The van der Waals surface area contributed by atoms with Crippen LogP contribution in [0.15, 0.2) is 16.5 Å². The second-order valence-corrected chi connectivity index (χ2v) is 4.58. The number of hydrogen-bond donors (Lipinski definition) is 1. The fourth-order valence-corrected chi connectivity index (χ4v) is 2.30. The third-order valence-corrected chi connectivity index (χ3v) is 3.47. The van der Waals surface area contributed by atoms with Gasteiger partial charge in [0.1, 0.15) is 23.4 Å². The Balaban J connectivity index is 2.56. The van der Waals surface area contributed by atoms with E-state index in [4.69, 9.17) is 15.4 Å². The fraction of sp³-hybridized carbons (Fsp3) is 0.357. The van der Waals surface area contributed by atoms with Crippen molar-refractivity contribution in [2.24, 2.45) is 0 Å². The van der Waals surface area contributed by atoms with E-state index in [0.29, 0.717) is 11.4 Å². The highest BCUT2D eigenvalue weighted by Crippen LogP contribution is 2.31. The van der Waals surface area contributed by atoms with E-state index in [9.17, 15) is 0 Å². The van der Waals surface area contributed by atoms with Gasteiger partial charge in [-0.05, 0) is 45.4 Å². The van der Waals surface area contributed by atoms with Crippen molar-refractivity contribution in [2.45, 2.75) is 33.7 Å². The van der Waals surface area contributed by atoms with Gasteiger partial charge in [-0.25, -0.2) is 0 Å². The molecule has 94 valence electrons. The Labute approximate surface area is 107 Å². The summed E-state index contributed by atoms with van der Waals surface area (Å²) < 4.78 is 7.58. The van der Waals surface area contributed by atoms with Crippen molar-refractivity contribution in [1.29, 1.82) is 5.26 Å². The SMILES string of the molecule is Cc1ccc(C(C)n2c(C)c(C)c(C#N)c2N)o1. The standard InChI is InChI=1S/C14H17N3O/c1-8-5-6-13(18-8)11(4)17-10(3)9(2)12(7-15)14(17)16/h5-6,11H,16H2,1-4H3. The molecule has 0 fully saturated rings. The van der Waals surface area contributed by atoms with Crippen LogP contribution in [0.5, 0.6) is 0 Å². The molecule has 0 aliphatic heterocycles. The van der Waals surface area contributed by atoms with Crippen molar-refractivity contribution in [1.82, 2.24) is 4.57 Å². The highest BCUT2D eigenvalue weighted by atomic mass is 16.3. The first kappa shape index (κ1) is 12.3. The van der Waals surface area contributed by atoms with Gasteiger partial charge in [-0.15, -0.1) is 0 Å². The molecule has 18 heavy (non-hydrogen) atoms. The normalized spacial score (nSPS) is 12.4. The molecule has 0 saturated carbocycles. The lowest BCUT2D eigenvalue weighted by Gasteiger charge is -2.16. The first-order chi connectivity index (χ1) is 8.47. The molecule has 2 heterocycles. The van der Waals surface area contributed by atoms with Crippen molar-refractivity contribution in [3.63, 3.8) is 0 Å². The quantitative estimate of drug-likeness (QED) is 0.881. The largest absolute Gasteiger partial charge is 0.464 e. The number of aryl methyl sites for hydroxylation is 1. The number of hydrogen-bond acceptors (Lipinski definition) is 3. The first-order valence-electron chi connectivity index (χ1n) is 5.90. The van der Waals surface area contributed by atoms with Crippen LogP contribution in [0, 0.1) is 32.1 Å². The summed E-state index contributed by atoms with van der Waals surface area (Å²) in [6.45, 7) is 7.82. The van der Waals surface area contributed by atoms with Gasteiger partial charge in [0, 0.05) is 5.69 Å². The molecule has 1 atom stereocenters. The highest BCUT2D eigenvalue weighted by molar-refractivity contribution is 5.58. The summed E-state index contributed by atoms with van der Waals surface area (Å²) in [6, 6.07) is 6.02. The molecule has 4 heteroatoms. The minimum absolute atomic E-state index is 0.0144. The lowest BCUT2D eigenvalue weighted by molar-refractivity contribution is 0.428. The average Bonchev–Trinajstić information content (AvgIpc) is 2.84. The maximum atomic E-state index is 9.13. The van der Waals surface area contributed by atoms with E-state index < -0.39 is 0 Å². The molecule has 0 aliphatic carbocycles. The van der Waals surface area contributed by atoms with Crippen LogP contribution in [-0.2, 0) is 0 Å². The van der Waals surface area contributed by atoms with E-state index in [-0.39, 0.29) is 6.04 Å². The van der Waals surface area contributed by atoms with Crippen LogP contribution in [0.3, 0.4) is 0 Å². The molecule has 4 nitrogen and oxygen atoms in total. The molecular weight excluding hydrogens is 226 g/mol. The summed E-state index contributed by atoms with van der Waals surface area (Å²) in [5, 5.41) is 9.13. The molecule has 1 unspecified atom stereocenters. The zero-order valence-corrected chi connectivity index (χ0v) is 11.1. The fourth-order valence-electron chi connectivity index (χ4n) is 2.30. The van der Waals surface area contributed by atoms with E-state index in [1.807, 2.05) is 44.4 Å². The zero-order valence-electron chi connectivity index (χ0n) is 11.1. The van der Waals surface area contributed by atoms with Crippen molar-refractivity contribution in [3.8, 4) is 6.07 Å². The van der Waals surface area contributed by atoms with Gasteiger partial charge in [0.2, 0.25) is 0 Å². The van der Waals surface area contributed by atoms with Crippen LogP contribution in [-0.4, -0.2) is 4.57 Å². The number of furan rings is 1. The van der Waals surface area contributed by atoms with E-state index in [0.717, 1.165) is 22.8 Å². The van der Waals surface area contributed by atoms with Gasteiger partial charge < -0.3 is 14.7 Å². The zero-order chi connectivity index (χ0) is 13.4. The Morgan fingerprint density at radius 3 is 2.44 bits per heavy atom. The Kier molecular flexibility index (Phi) is 2.92. The maximum Gasteiger partial charge on any atom is 0.126 e. The Morgan fingerprint density at radius 1 is 1.33 bits per heavy atom. The number of nitriles is 1. The average molecular weight is 243 g/mol. The molecular formula is C14H17N3O. The molecule has 0 bridgehead atoms. The van der Waals surface area contributed by atoms with Gasteiger partial charge in [0.05, 0.1) is 11.6 Å². The minimum atomic E-state index is -0.0144. The van der Waals surface area contributed by atoms with E-state index in [1.165, 1.54) is 0 Å². The van der Waals surface area contributed by atoms with Gasteiger partial charge in [-0.2, -0.15) is 5.26 Å².